The fourth-order valence-corrected chi connectivity index (χ4v) is 2.56. The van der Waals surface area contributed by atoms with Crippen molar-refractivity contribution in [3.8, 4) is 0 Å². The molecule has 0 unspecified atom stereocenters. The molecule has 18 heavy (non-hydrogen) atoms. The lowest BCUT2D eigenvalue weighted by atomic mass is 10.2. The van der Waals surface area contributed by atoms with Gasteiger partial charge < -0.3 is 4.90 Å². The maximum Gasteiger partial charge on any atom is 0.327 e. The number of benzene rings is 1. The number of nitrogens with zero attached hydrogens (tertiary/aromatic N) is 2. The zero-order valence-corrected chi connectivity index (χ0v) is 11.2. The minimum atomic E-state index is -1.02. The Balaban J connectivity index is 3.12. The number of anilines is 1. The maximum atomic E-state index is 13.5. The predicted octanol–water partition coefficient (Wildman–Crippen LogP) is 1.94. The van der Waals surface area contributed by atoms with Crippen LogP contribution in [0.3, 0.4) is 0 Å². The third-order valence-electron chi connectivity index (χ3n) is 2.67. The molecule has 0 aromatic heterocycles. The van der Waals surface area contributed by atoms with E-state index in [1.165, 1.54) is 12.1 Å². The standard InChI is InChI=1S/C11H15FN2O3S/c1-8(7-18(3)17)13(2)10-6-4-5-9(12)11(10)14(15)16/h4-6,8H,7H2,1-3H3/t8-,18+/m0/s1. The Hall–Kier alpha value is -1.50. The van der Waals surface area contributed by atoms with E-state index in [1.54, 1.807) is 25.1 Å². The van der Waals surface area contributed by atoms with E-state index in [1.807, 2.05) is 0 Å². The molecule has 0 saturated heterocycles. The van der Waals surface area contributed by atoms with Gasteiger partial charge in [-0.25, -0.2) is 0 Å². The molecule has 0 amide bonds. The smallest absolute Gasteiger partial charge is 0.327 e. The summed E-state index contributed by atoms with van der Waals surface area (Å²) in [4.78, 5) is 11.7. The zero-order chi connectivity index (χ0) is 13.9. The van der Waals surface area contributed by atoms with Gasteiger partial charge in [0.1, 0.15) is 5.69 Å². The quantitative estimate of drug-likeness (QED) is 0.608. The van der Waals surface area contributed by atoms with Gasteiger partial charge in [0.05, 0.1) is 4.92 Å². The summed E-state index contributed by atoms with van der Waals surface area (Å²) in [5, 5.41) is 10.9. The Morgan fingerprint density at radius 1 is 1.56 bits per heavy atom. The summed E-state index contributed by atoms with van der Waals surface area (Å²) in [6, 6.07) is 3.77. The van der Waals surface area contributed by atoms with Crippen LogP contribution in [0, 0.1) is 15.9 Å². The first-order valence-corrected chi connectivity index (χ1v) is 7.03. The number of nitro groups is 1. The molecule has 0 aliphatic rings. The van der Waals surface area contributed by atoms with Gasteiger partial charge in [-0.2, -0.15) is 4.39 Å². The minimum Gasteiger partial charge on any atom is -0.365 e. The van der Waals surface area contributed by atoms with Crippen LogP contribution in [0.15, 0.2) is 18.2 Å². The van der Waals surface area contributed by atoms with Crippen molar-refractivity contribution in [1.82, 2.24) is 0 Å². The van der Waals surface area contributed by atoms with Crippen molar-refractivity contribution in [3.05, 3.63) is 34.1 Å². The lowest BCUT2D eigenvalue weighted by Crippen LogP contribution is -2.33. The highest BCUT2D eigenvalue weighted by Crippen LogP contribution is 2.31. The van der Waals surface area contributed by atoms with Crippen LogP contribution in [-0.2, 0) is 10.8 Å². The van der Waals surface area contributed by atoms with Gasteiger partial charge in [0.15, 0.2) is 0 Å². The first-order chi connectivity index (χ1) is 8.34. The van der Waals surface area contributed by atoms with E-state index in [-0.39, 0.29) is 11.7 Å². The van der Waals surface area contributed by atoms with Gasteiger partial charge in [-0.05, 0) is 19.1 Å². The van der Waals surface area contributed by atoms with Crippen molar-refractivity contribution in [2.45, 2.75) is 13.0 Å². The maximum absolute atomic E-state index is 13.5. The second-order valence-corrected chi connectivity index (χ2v) is 5.54. The number of para-hydroxylation sites is 1. The number of nitro benzene ring substituents is 1. The van der Waals surface area contributed by atoms with Crippen LogP contribution in [0.2, 0.25) is 0 Å². The number of rotatable bonds is 5. The van der Waals surface area contributed by atoms with Gasteiger partial charge in [0, 0.05) is 35.9 Å². The molecule has 100 valence electrons. The molecular weight excluding hydrogens is 259 g/mol. The third kappa shape index (κ3) is 3.25. The molecular formula is C11H15FN2O3S. The molecule has 0 N–H and O–H groups in total. The van der Waals surface area contributed by atoms with Crippen LogP contribution in [0.25, 0.3) is 0 Å². The predicted molar refractivity (Wildman–Crippen MR) is 69.9 cm³/mol. The highest BCUT2D eigenvalue weighted by atomic mass is 32.2. The molecule has 5 nitrogen and oxygen atoms in total. The molecule has 0 heterocycles. The molecule has 0 aliphatic carbocycles. The number of halogens is 1. The third-order valence-corrected chi connectivity index (χ3v) is 3.62. The number of hydrogen-bond donors (Lipinski definition) is 0. The van der Waals surface area contributed by atoms with Crippen LogP contribution in [0.4, 0.5) is 15.8 Å². The van der Waals surface area contributed by atoms with Crippen molar-refractivity contribution in [2.24, 2.45) is 0 Å². The van der Waals surface area contributed by atoms with Gasteiger partial charge in [-0.15, -0.1) is 0 Å². The second-order valence-electron chi connectivity index (χ2n) is 4.06. The van der Waals surface area contributed by atoms with Gasteiger partial charge in [-0.3, -0.25) is 14.3 Å². The first kappa shape index (κ1) is 14.6. The lowest BCUT2D eigenvalue weighted by molar-refractivity contribution is -0.386. The van der Waals surface area contributed by atoms with E-state index in [0.717, 1.165) is 6.07 Å². The molecule has 7 heteroatoms. The average molecular weight is 274 g/mol. The Labute approximate surface area is 107 Å². The van der Waals surface area contributed by atoms with E-state index < -0.39 is 27.2 Å². The van der Waals surface area contributed by atoms with E-state index in [0.29, 0.717) is 5.75 Å². The lowest BCUT2D eigenvalue weighted by Gasteiger charge is -2.25. The van der Waals surface area contributed by atoms with Gasteiger partial charge in [-0.1, -0.05) is 6.07 Å². The van der Waals surface area contributed by atoms with Crippen molar-refractivity contribution in [1.29, 1.82) is 0 Å². The Morgan fingerprint density at radius 2 is 2.17 bits per heavy atom. The molecule has 1 rings (SSSR count). The highest BCUT2D eigenvalue weighted by molar-refractivity contribution is 7.84. The van der Waals surface area contributed by atoms with Gasteiger partial charge >= 0.3 is 5.69 Å². The van der Waals surface area contributed by atoms with Crippen molar-refractivity contribution < 1.29 is 13.5 Å². The highest BCUT2D eigenvalue weighted by Gasteiger charge is 2.24. The largest absolute Gasteiger partial charge is 0.365 e. The molecule has 0 spiro atoms. The summed E-state index contributed by atoms with van der Waals surface area (Å²) in [6.45, 7) is 1.79. The molecule has 0 saturated carbocycles. The fourth-order valence-electron chi connectivity index (χ4n) is 1.66. The average Bonchev–Trinajstić information content (AvgIpc) is 2.26. The van der Waals surface area contributed by atoms with Crippen LogP contribution in [0.1, 0.15) is 6.92 Å². The summed E-state index contributed by atoms with van der Waals surface area (Å²) in [5.74, 6) is -0.501. The van der Waals surface area contributed by atoms with E-state index in [9.17, 15) is 18.7 Å². The fraction of sp³-hybridized carbons (Fsp3) is 0.455. The Kier molecular flexibility index (Phi) is 4.77. The van der Waals surface area contributed by atoms with Crippen LogP contribution < -0.4 is 4.90 Å². The van der Waals surface area contributed by atoms with Gasteiger partial charge in [0.2, 0.25) is 5.82 Å². The zero-order valence-electron chi connectivity index (χ0n) is 10.4. The van der Waals surface area contributed by atoms with E-state index in [2.05, 4.69) is 0 Å². The van der Waals surface area contributed by atoms with Crippen molar-refractivity contribution in [2.75, 3.05) is 24.0 Å². The summed E-state index contributed by atoms with van der Waals surface area (Å²) in [7, 11) is 0.606. The molecule has 0 fully saturated rings. The van der Waals surface area contributed by atoms with Crippen molar-refractivity contribution >= 4 is 22.2 Å². The molecule has 0 radical (unpaired) electrons. The molecule has 2 atom stereocenters. The molecule has 0 aliphatic heterocycles. The summed E-state index contributed by atoms with van der Waals surface area (Å²) in [5.41, 5.74) is -0.355. The molecule has 1 aromatic carbocycles. The topological polar surface area (TPSA) is 63.5 Å². The van der Waals surface area contributed by atoms with Crippen LogP contribution in [0.5, 0.6) is 0 Å². The SMILES string of the molecule is C[C@@H](C[S@@](C)=O)N(C)c1cccc(F)c1[N+](=O)[O-]. The monoisotopic (exact) mass is 274 g/mol. The van der Waals surface area contributed by atoms with Crippen LogP contribution in [-0.4, -0.2) is 34.2 Å². The normalized spacial score (nSPS) is 14.0. The molecule has 0 bridgehead atoms. The van der Waals surface area contributed by atoms with E-state index >= 15 is 0 Å². The molecule has 1 aromatic rings. The van der Waals surface area contributed by atoms with E-state index in [4.69, 9.17) is 0 Å². The van der Waals surface area contributed by atoms with Crippen LogP contribution >= 0.6 is 0 Å². The summed E-state index contributed by atoms with van der Waals surface area (Å²) >= 11 is 0. The first-order valence-electron chi connectivity index (χ1n) is 5.30. The Bertz CT molecular complexity index is 481. The van der Waals surface area contributed by atoms with Gasteiger partial charge in [0.25, 0.3) is 0 Å². The number of hydrogen-bond acceptors (Lipinski definition) is 4. The second kappa shape index (κ2) is 5.90. The minimum absolute atomic E-state index is 0.184. The van der Waals surface area contributed by atoms with Crippen molar-refractivity contribution in [3.63, 3.8) is 0 Å². The summed E-state index contributed by atoms with van der Waals surface area (Å²) < 4.78 is 24.6. The Morgan fingerprint density at radius 3 is 2.67 bits per heavy atom. The summed E-state index contributed by atoms with van der Waals surface area (Å²) in [6.07, 6.45) is 1.56.